The molecular formula is C22H19BrCl2N2O3S. The molecule has 9 heteroatoms. The van der Waals surface area contributed by atoms with Gasteiger partial charge in [-0.3, -0.25) is 4.79 Å². The van der Waals surface area contributed by atoms with Gasteiger partial charge in [0, 0.05) is 26.8 Å². The molecule has 0 aromatic heterocycles. The van der Waals surface area contributed by atoms with Crippen molar-refractivity contribution in [2.24, 2.45) is 0 Å². The standard InChI is InChI=1S/C22H19BrCl2N2O3S/c1-15-20(25)3-2-4-21(15)26-22(28)14-27(13-16-5-7-17(23)8-6-16)31(29,30)19-11-9-18(24)10-12-19/h2-12H,13-14H2,1H3,(H,26,28). The number of carbonyl (C=O) groups excluding carboxylic acids is 1. The van der Waals surface area contributed by atoms with E-state index in [0.29, 0.717) is 21.3 Å². The molecular weight excluding hydrogens is 523 g/mol. The Hall–Kier alpha value is -1.90. The molecule has 0 radical (unpaired) electrons. The summed E-state index contributed by atoms with van der Waals surface area (Å²) in [6, 6.07) is 18.2. The van der Waals surface area contributed by atoms with Gasteiger partial charge in [0.15, 0.2) is 0 Å². The summed E-state index contributed by atoms with van der Waals surface area (Å²) in [7, 11) is -3.96. The van der Waals surface area contributed by atoms with Crippen molar-refractivity contribution in [2.45, 2.75) is 18.4 Å². The smallest absolute Gasteiger partial charge is 0.243 e. The number of benzene rings is 3. The van der Waals surface area contributed by atoms with Gasteiger partial charge >= 0.3 is 0 Å². The van der Waals surface area contributed by atoms with Crippen LogP contribution < -0.4 is 5.32 Å². The number of anilines is 1. The first-order valence-electron chi connectivity index (χ1n) is 9.22. The third kappa shape index (κ3) is 6.08. The molecule has 0 bridgehead atoms. The highest BCUT2D eigenvalue weighted by Gasteiger charge is 2.27. The van der Waals surface area contributed by atoms with Crippen LogP contribution in [-0.2, 0) is 21.4 Å². The fourth-order valence-corrected chi connectivity index (χ4v) is 4.82. The van der Waals surface area contributed by atoms with Crippen LogP contribution in [0.2, 0.25) is 10.0 Å². The second-order valence-corrected chi connectivity index (χ2v) is 10.5. The Morgan fingerprint density at radius 2 is 1.65 bits per heavy atom. The van der Waals surface area contributed by atoms with E-state index in [9.17, 15) is 13.2 Å². The highest BCUT2D eigenvalue weighted by atomic mass is 79.9. The summed E-state index contributed by atoms with van der Waals surface area (Å²) in [6.07, 6.45) is 0. The molecule has 0 heterocycles. The molecule has 3 rings (SSSR count). The van der Waals surface area contributed by atoms with Gasteiger partial charge in [0.2, 0.25) is 15.9 Å². The second kappa shape index (κ2) is 10.1. The van der Waals surface area contributed by atoms with Crippen LogP contribution in [0.15, 0.2) is 76.1 Å². The summed E-state index contributed by atoms with van der Waals surface area (Å²) in [6.45, 7) is 1.44. The third-order valence-electron chi connectivity index (χ3n) is 4.59. The van der Waals surface area contributed by atoms with Gasteiger partial charge < -0.3 is 5.32 Å². The topological polar surface area (TPSA) is 66.5 Å². The van der Waals surface area contributed by atoms with E-state index in [0.717, 1.165) is 14.3 Å². The Morgan fingerprint density at radius 3 is 2.29 bits per heavy atom. The highest BCUT2D eigenvalue weighted by molar-refractivity contribution is 9.10. The van der Waals surface area contributed by atoms with Crippen LogP contribution in [0.4, 0.5) is 5.69 Å². The molecule has 31 heavy (non-hydrogen) atoms. The summed E-state index contributed by atoms with van der Waals surface area (Å²) >= 11 is 15.4. The van der Waals surface area contributed by atoms with Gasteiger partial charge in [-0.25, -0.2) is 8.42 Å². The number of rotatable bonds is 7. The number of amides is 1. The van der Waals surface area contributed by atoms with Gasteiger partial charge in [0.05, 0.1) is 11.4 Å². The predicted octanol–water partition coefficient (Wildman–Crippen LogP) is 5.89. The van der Waals surface area contributed by atoms with Crippen LogP contribution in [0.25, 0.3) is 0 Å². The molecule has 0 atom stereocenters. The van der Waals surface area contributed by atoms with Crippen molar-refractivity contribution in [3.63, 3.8) is 0 Å². The van der Waals surface area contributed by atoms with Crippen molar-refractivity contribution in [2.75, 3.05) is 11.9 Å². The molecule has 0 saturated carbocycles. The molecule has 0 aliphatic carbocycles. The van der Waals surface area contributed by atoms with Crippen molar-refractivity contribution in [1.29, 1.82) is 0 Å². The molecule has 0 aliphatic heterocycles. The fraction of sp³-hybridized carbons (Fsp3) is 0.136. The minimum atomic E-state index is -3.96. The average molecular weight is 542 g/mol. The van der Waals surface area contributed by atoms with E-state index in [-0.39, 0.29) is 18.0 Å². The quantitative estimate of drug-likeness (QED) is 0.405. The van der Waals surface area contributed by atoms with E-state index in [4.69, 9.17) is 23.2 Å². The predicted molar refractivity (Wildman–Crippen MR) is 128 cm³/mol. The van der Waals surface area contributed by atoms with E-state index in [1.807, 2.05) is 12.1 Å². The van der Waals surface area contributed by atoms with Crippen LogP contribution in [0.3, 0.4) is 0 Å². The van der Waals surface area contributed by atoms with Crippen LogP contribution in [-0.4, -0.2) is 25.2 Å². The second-order valence-electron chi connectivity index (χ2n) is 6.81. The number of nitrogens with zero attached hydrogens (tertiary/aromatic N) is 1. The molecule has 5 nitrogen and oxygen atoms in total. The fourth-order valence-electron chi connectivity index (χ4n) is 2.87. The SMILES string of the molecule is Cc1c(Cl)cccc1NC(=O)CN(Cc1ccc(Br)cc1)S(=O)(=O)c1ccc(Cl)cc1. The molecule has 0 saturated heterocycles. The highest BCUT2D eigenvalue weighted by Crippen LogP contribution is 2.24. The molecule has 0 spiro atoms. The first kappa shape index (κ1) is 23.8. The van der Waals surface area contributed by atoms with Gasteiger partial charge in [0.1, 0.15) is 0 Å². The van der Waals surface area contributed by atoms with Crippen LogP contribution in [0, 0.1) is 6.92 Å². The first-order valence-corrected chi connectivity index (χ1v) is 12.2. The summed E-state index contributed by atoms with van der Waals surface area (Å²) < 4.78 is 28.6. The zero-order valence-corrected chi connectivity index (χ0v) is 20.4. The monoisotopic (exact) mass is 540 g/mol. The lowest BCUT2D eigenvalue weighted by Crippen LogP contribution is -2.37. The molecule has 0 fully saturated rings. The average Bonchev–Trinajstić information content (AvgIpc) is 2.73. The van der Waals surface area contributed by atoms with E-state index in [1.165, 1.54) is 24.3 Å². The van der Waals surface area contributed by atoms with Crippen molar-refractivity contribution in [3.05, 3.63) is 92.4 Å². The lowest BCUT2D eigenvalue weighted by Gasteiger charge is -2.22. The van der Waals surface area contributed by atoms with Gasteiger partial charge in [-0.15, -0.1) is 0 Å². The summed E-state index contributed by atoms with van der Waals surface area (Å²) in [5.41, 5.74) is 1.98. The summed E-state index contributed by atoms with van der Waals surface area (Å²) in [5.74, 6) is -0.472. The van der Waals surface area contributed by atoms with E-state index < -0.39 is 15.9 Å². The molecule has 1 amide bonds. The van der Waals surface area contributed by atoms with Crippen LogP contribution in [0.1, 0.15) is 11.1 Å². The van der Waals surface area contributed by atoms with Gasteiger partial charge in [-0.05, 0) is 66.6 Å². The van der Waals surface area contributed by atoms with Gasteiger partial charge in [-0.2, -0.15) is 4.31 Å². The minimum Gasteiger partial charge on any atom is -0.325 e. The van der Waals surface area contributed by atoms with Crippen LogP contribution in [0.5, 0.6) is 0 Å². The molecule has 1 N–H and O–H groups in total. The molecule has 3 aromatic rings. The molecule has 0 unspecified atom stereocenters. The molecule has 3 aromatic carbocycles. The lowest BCUT2D eigenvalue weighted by atomic mass is 10.2. The lowest BCUT2D eigenvalue weighted by molar-refractivity contribution is -0.116. The summed E-state index contributed by atoms with van der Waals surface area (Å²) in [5, 5.41) is 3.69. The number of hydrogen-bond donors (Lipinski definition) is 1. The third-order valence-corrected chi connectivity index (χ3v) is 7.58. The largest absolute Gasteiger partial charge is 0.325 e. The number of halogens is 3. The Kier molecular flexibility index (Phi) is 7.78. The van der Waals surface area contributed by atoms with Crippen LogP contribution >= 0.6 is 39.1 Å². The van der Waals surface area contributed by atoms with Crippen molar-refractivity contribution in [1.82, 2.24) is 4.31 Å². The number of sulfonamides is 1. The number of carbonyl (C=O) groups is 1. The number of hydrogen-bond acceptors (Lipinski definition) is 3. The summed E-state index contributed by atoms with van der Waals surface area (Å²) in [4.78, 5) is 12.8. The van der Waals surface area contributed by atoms with E-state index in [2.05, 4.69) is 21.2 Å². The Balaban J connectivity index is 1.89. The molecule has 0 aliphatic rings. The van der Waals surface area contributed by atoms with E-state index >= 15 is 0 Å². The maximum atomic E-state index is 13.3. The van der Waals surface area contributed by atoms with Gasteiger partial charge in [-0.1, -0.05) is 57.3 Å². The normalized spacial score (nSPS) is 11.5. The number of nitrogens with one attached hydrogen (secondary N) is 1. The first-order chi connectivity index (χ1) is 14.7. The Bertz CT molecular complexity index is 1180. The van der Waals surface area contributed by atoms with Crippen molar-refractivity contribution in [3.8, 4) is 0 Å². The Labute approximate surface area is 200 Å². The maximum Gasteiger partial charge on any atom is 0.243 e. The zero-order chi connectivity index (χ0) is 22.6. The zero-order valence-electron chi connectivity index (χ0n) is 16.5. The molecule has 162 valence electrons. The Morgan fingerprint density at radius 1 is 1.00 bits per heavy atom. The maximum absolute atomic E-state index is 13.3. The van der Waals surface area contributed by atoms with Crippen molar-refractivity contribution >= 4 is 60.7 Å². The van der Waals surface area contributed by atoms with Crippen molar-refractivity contribution < 1.29 is 13.2 Å². The minimum absolute atomic E-state index is 0.0280. The van der Waals surface area contributed by atoms with Gasteiger partial charge in [0.25, 0.3) is 0 Å². The van der Waals surface area contributed by atoms with E-state index in [1.54, 1.807) is 37.3 Å².